The third kappa shape index (κ3) is 3.62. The molecule has 0 radical (unpaired) electrons. The fraction of sp³-hybridized carbons (Fsp3) is 0.182. The zero-order valence-electron chi connectivity index (χ0n) is 15.2. The van der Waals surface area contributed by atoms with Crippen LogP contribution in [0.5, 0.6) is 5.75 Å². The molecule has 0 aliphatic carbocycles. The summed E-state index contributed by atoms with van der Waals surface area (Å²) in [4.78, 5) is 14.6. The Hall–Kier alpha value is -3.34. The topological polar surface area (TPSA) is 47.4 Å². The summed E-state index contributed by atoms with van der Waals surface area (Å²) < 4.78 is 7.09. The Balaban J connectivity index is 1.51. The third-order valence-corrected chi connectivity index (χ3v) is 4.71. The van der Waals surface area contributed by atoms with Crippen LogP contribution in [-0.4, -0.2) is 29.3 Å². The lowest BCUT2D eigenvalue weighted by atomic mass is 10.0. The van der Waals surface area contributed by atoms with Gasteiger partial charge in [-0.2, -0.15) is 5.10 Å². The van der Waals surface area contributed by atoms with Crippen LogP contribution in [0.4, 0.5) is 5.69 Å². The Morgan fingerprint density at radius 1 is 1.19 bits per heavy atom. The number of hydrogen-bond acceptors (Lipinski definition) is 3. The number of benzene rings is 2. The van der Waals surface area contributed by atoms with E-state index >= 15 is 0 Å². The molecule has 2 aromatic carbocycles. The minimum Gasteiger partial charge on any atom is -0.497 e. The number of carbonyl (C=O) groups excluding carboxylic acids is 1. The molecule has 1 amide bonds. The average molecular weight is 359 g/mol. The maximum absolute atomic E-state index is 12.7. The number of nitrogens with zero attached hydrogens (tertiary/aromatic N) is 3. The number of carbonyl (C=O) groups is 1. The van der Waals surface area contributed by atoms with Gasteiger partial charge < -0.3 is 9.64 Å². The van der Waals surface area contributed by atoms with Crippen molar-refractivity contribution in [1.29, 1.82) is 0 Å². The van der Waals surface area contributed by atoms with Crippen LogP contribution in [-0.2, 0) is 11.2 Å². The van der Waals surface area contributed by atoms with E-state index in [0.29, 0.717) is 0 Å². The monoisotopic (exact) mass is 359 g/mol. The molecule has 27 heavy (non-hydrogen) atoms. The molecule has 1 aliphatic rings. The van der Waals surface area contributed by atoms with Crippen LogP contribution >= 0.6 is 0 Å². The molecule has 0 atom stereocenters. The predicted octanol–water partition coefficient (Wildman–Crippen LogP) is 3.87. The molecule has 0 bridgehead atoms. The molecule has 3 aromatic rings. The normalized spacial score (nSPS) is 13.6. The lowest BCUT2D eigenvalue weighted by molar-refractivity contribution is -0.114. The van der Waals surface area contributed by atoms with Gasteiger partial charge in [0.25, 0.3) is 5.91 Å². The highest BCUT2D eigenvalue weighted by atomic mass is 16.5. The maximum atomic E-state index is 12.7. The lowest BCUT2D eigenvalue weighted by Crippen LogP contribution is -2.34. The van der Waals surface area contributed by atoms with Gasteiger partial charge in [0.05, 0.1) is 19.0 Å². The SMILES string of the molecule is COc1ccc2c(c1)CCCN2C(=O)/C=C/c1cnn(-c2ccccc2)c1. The lowest BCUT2D eigenvalue weighted by Gasteiger charge is -2.28. The van der Waals surface area contributed by atoms with Gasteiger partial charge in [-0.1, -0.05) is 18.2 Å². The van der Waals surface area contributed by atoms with Gasteiger partial charge in [-0.15, -0.1) is 0 Å². The largest absolute Gasteiger partial charge is 0.497 e. The van der Waals surface area contributed by atoms with E-state index in [0.717, 1.165) is 47.6 Å². The quantitative estimate of drug-likeness (QED) is 0.664. The second-order valence-corrected chi connectivity index (χ2v) is 6.48. The van der Waals surface area contributed by atoms with E-state index < -0.39 is 0 Å². The molecule has 5 nitrogen and oxygen atoms in total. The van der Waals surface area contributed by atoms with Gasteiger partial charge in [0.15, 0.2) is 0 Å². The first-order valence-corrected chi connectivity index (χ1v) is 9.01. The summed E-state index contributed by atoms with van der Waals surface area (Å²) in [5, 5.41) is 4.36. The molecule has 0 spiro atoms. The van der Waals surface area contributed by atoms with Gasteiger partial charge in [0, 0.05) is 30.1 Å². The van der Waals surface area contributed by atoms with Crippen molar-refractivity contribution in [3.63, 3.8) is 0 Å². The number of methoxy groups -OCH3 is 1. The minimum absolute atomic E-state index is 0.0198. The molecule has 0 unspecified atom stereocenters. The van der Waals surface area contributed by atoms with Crippen molar-refractivity contribution in [3.8, 4) is 11.4 Å². The number of rotatable bonds is 4. The molecule has 1 aromatic heterocycles. The van der Waals surface area contributed by atoms with Crippen molar-refractivity contribution in [2.24, 2.45) is 0 Å². The van der Waals surface area contributed by atoms with Crippen LogP contribution in [0.1, 0.15) is 17.5 Å². The van der Waals surface area contributed by atoms with Crippen LogP contribution < -0.4 is 9.64 Å². The highest BCUT2D eigenvalue weighted by Gasteiger charge is 2.21. The zero-order chi connectivity index (χ0) is 18.6. The van der Waals surface area contributed by atoms with Crippen LogP contribution in [0, 0.1) is 0 Å². The first-order valence-electron chi connectivity index (χ1n) is 9.01. The molecule has 5 heteroatoms. The second-order valence-electron chi connectivity index (χ2n) is 6.48. The van der Waals surface area contributed by atoms with E-state index in [-0.39, 0.29) is 5.91 Å². The minimum atomic E-state index is -0.0198. The molecule has 2 heterocycles. The van der Waals surface area contributed by atoms with Crippen molar-refractivity contribution >= 4 is 17.7 Å². The zero-order valence-corrected chi connectivity index (χ0v) is 15.2. The summed E-state index contributed by atoms with van der Waals surface area (Å²) in [5.74, 6) is 0.806. The summed E-state index contributed by atoms with van der Waals surface area (Å²) in [7, 11) is 1.66. The van der Waals surface area contributed by atoms with Gasteiger partial charge in [-0.3, -0.25) is 4.79 Å². The van der Waals surface area contributed by atoms with Gasteiger partial charge >= 0.3 is 0 Å². The number of amides is 1. The average Bonchev–Trinajstić information content (AvgIpc) is 3.21. The van der Waals surface area contributed by atoms with Gasteiger partial charge in [-0.25, -0.2) is 4.68 Å². The Morgan fingerprint density at radius 2 is 2.04 bits per heavy atom. The van der Waals surface area contributed by atoms with Crippen LogP contribution in [0.2, 0.25) is 0 Å². The van der Waals surface area contributed by atoms with Gasteiger partial charge in [0.1, 0.15) is 5.75 Å². The fourth-order valence-electron chi connectivity index (χ4n) is 3.33. The van der Waals surface area contributed by atoms with E-state index in [2.05, 4.69) is 5.10 Å². The van der Waals surface area contributed by atoms with Crippen molar-refractivity contribution in [2.45, 2.75) is 12.8 Å². The van der Waals surface area contributed by atoms with E-state index in [1.807, 2.05) is 65.7 Å². The van der Waals surface area contributed by atoms with Gasteiger partial charge in [-0.05, 0) is 54.8 Å². The van der Waals surface area contributed by atoms with Crippen LogP contribution in [0.3, 0.4) is 0 Å². The number of hydrogen-bond donors (Lipinski definition) is 0. The Kier molecular flexibility index (Phi) is 4.75. The fourth-order valence-corrected chi connectivity index (χ4v) is 3.33. The van der Waals surface area contributed by atoms with E-state index in [1.54, 1.807) is 24.1 Å². The number of ether oxygens (including phenoxy) is 1. The first kappa shape index (κ1) is 17.1. The smallest absolute Gasteiger partial charge is 0.250 e. The van der Waals surface area contributed by atoms with Crippen molar-refractivity contribution < 1.29 is 9.53 Å². The molecule has 0 saturated heterocycles. The highest BCUT2D eigenvalue weighted by Crippen LogP contribution is 2.30. The number of aromatic nitrogens is 2. The summed E-state index contributed by atoms with van der Waals surface area (Å²) in [6.45, 7) is 0.728. The second kappa shape index (κ2) is 7.50. The number of fused-ring (bicyclic) bond motifs is 1. The highest BCUT2D eigenvalue weighted by molar-refractivity contribution is 6.04. The molecule has 0 fully saturated rings. The summed E-state index contributed by atoms with van der Waals surface area (Å²) in [6.07, 6.45) is 9.01. The Morgan fingerprint density at radius 3 is 2.85 bits per heavy atom. The van der Waals surface area contributed by atoms with E-state index in [4.69, 9.17) is 4.74 Å². The molecule has 0 saturated carbocycles. The molecule has 136 valence electrons. The van der Waals surface area contributed by atoms with Crippen molar-refractivity contribution in [1.82, 2.24) is 9.78 Å². The summed E-state index contributed by atoms with van der Waals surface area (Å²) in [6, 6.07) is 15.8. The first-order chi connectivity index (χ1) is 13.2. The summed E-state index contributed by atoms with van der Waals surface area (Å²) >= 11 is 0. The van der Waals surface area contributed by atoms with Crippen molar-refractivity contribution in [2.75, 3.05) is 18.6 Å². The molecular weight excluding hydrogens is 338 g/mol. The number of anilines is 1. The molecule has 0 N–H and O–H groups in total. The third-order valence-electron chi connectivity index (χ3n) is 4.71. The Labute approximate surface area is 158 Å². The number of aryl methyl sites for hydroxylation is 1. The molecular formula is C22H21N3O2. The molecule has 1 aliphatic heterocycles. The number of para-hydroxylation sites is 1. The molecule has 4 rings (SSSR count). The van der Waals surface area contributed by atoms with Crippen LogP contribution in [0.15, 0.2) is 67.0 Å². The van der Waals surface area contributed by atoms with E-state index in [9.17, 15) is 4.79 Å². The predicted molar refractivity (Wildman–Crippen MR) is 106 cm³/mol. The maximum Gasteiger partial charge on any atom is 0.250 e. The van der Waals surface area contributed by atoms with E-state index in [1.165, 1.54) is 0 Å². The standard InChI is InChI=1S/C22H21N3O2/c1-27-20-10-11-21-18(14-20)6-5-13-24(21)22(26)12-9-17-15-23-25(16-17)19-7-3-2-4-8-19/h2-4,7-12,14-16H,5-6,13H2,1H3/b12-9+. The van der Waals surface area contributed by atoms with Gasteiger partial charge in [0.2, 0.25) is 0 Å². The summed E-state index contributed by atoms with van der Waals surface area (Å²) in [5.41, 5.74) is 4.00. The van der Waals surface area contributed by atoms with Crippen LogP contribution in [0.25, 0.3) is 11.8 Å². The Bertz CT molecular complexity index is 976. The van der Waals surface area contributed by atoms with Crippen molar-refractivity contribution in [3.05, 3.63) is 78.1 Å².